The van der Waals surface area contributed by atoms with Crippen molar-refractivity contribution >= 4 is 34.7 Å². The van der Waals surface area contributed by atoms with Crippen molar-refractivity contribution in [1.29, 1.82) is 0 Å². The lowest BCUT2D eigenvalue weighted by Gasteiger charge is -2.20. The molecule has 34 heavy (non-hydrogen) atoms. The van der Waals surface area contributed by atoms with Crippen LogP contribution in [0.15, 0.2) is 114 Å². The first-order valence-corrected chi connectivity index (χ1v) is 12.5. The Morgan fingerprint density at radius 1 is 0.735 bits per heavy atom. The zero-order chi connectivity index (χ0) is 23.8. The Morgan fingerprint density at radius 3 is 1.94 bits per heavy atom. The predicted octanol–water partition coefficient (Wildman–Crippen LogP) is 7.62. The normalized spacial score (nSPS) is 11.5. The average molecular weight is 466 g/mol. The minimum absolute atomic E-state index is 0.301. The molecule has 3 nitrogen and oxygen atoms in total. The first-order chi connectivity index (χ1) is 16.7. The SMILES string of the molecule is CCOC(=O)/C(=C(/Nc1ccccc1-c1ccccc1SC)c1ccccc1)c1ccccc1. The topological polar surface area (TPSA) is 38.3 Å². The minimum atomic E-state index is -0.359. The Kier molecular flexibility index (Phi) is 7.84. The Morgan fingerprint density at radius 2 is 1.29 bits per heavy atom. The number of hydrogen-bond donors (Lipinski definition) is 1. The average Bonchev–Trinajstić information content (AvgIpc) is 2.90. The van der Waals surface area contributed by atoms with Crippen LogP contribution in [-0.4, -0.2) is 18.8 Å². The molecule has 0 aliphatic carbocycles. The number of thioether (sulfide) groups is 1. The molecule has 0 heterocycles. The number of hydrogen-bond acceptors (Lipinski definition) is 4. The standard InChI is InChI=1S/C30H27NO2S/c1-3-33-30(32)28(22-14-6-4-7-15-22)29(23-16-8-5-9-17-23)31-26-20-12-10-18-24(26)25-19-11-13-21-27(25)34-2/h4-21,31H,3H2,1-2H3/b29-28+. The van der Waals surface area contributed by atoms with Crippen molar-refractivity contribution in [2.45, 2.75) is 11.8 Å². The summed E-state index contributed by atoms with van der Waals surface area (Å²) in [5.74, 6) is -0.359. The van der Waals surface area contributed by atoms with Gasteiger partial charge in [0.25, 0.3) is 0 Å². The molecule has 0 bridgehead atoms. The third-order valence-corrected chi connectivity index (χ3v) is 6.23. The van der Waals surface area contributed by atoms with Crippen molar-refractivity contribution in [3.8, 4) is 11.1 Å². The zero-order valence-corrected chi connectivity index (χ0v) is 20.1. The van der Waals surface area contributed by atoms with E-state index < -0.39 is 0 Å². The highest BCUT2D eigenvalue weighted by molar-refractivity contribution is 7.98. The van der Waals surface area contributed by atoms with Gasteiger partial charge >= 0.3 is 5.97 Å². The summed E-state index contributed by atoms with van der Waals surface area (Å²) in [5.41, 5.74) is 6.04. The maximum atomic E-state index is 13.3. The molecule has 0 saturated carbocycles. The number of esters is 1. The van der Waals surface area contributed by atoms with Crippen LogP contribution < -0.4 is 5.32 Å². The van der Waals surface area contributed by atoms with E-state index in [2.05, 4.69) is 35.8 Å². The van der Waals surface area contributed by atoms with E-state index in [1.165, 1.54) is 4.90 Å². The monoisotopic (exact) mass is 465 g/mol. The largest absolute Gasteiger partial charge is 0.462 e. The maximum absolute atomic E-state index is 13.3. The van der Waals surface area contributed by atoms with Gasteiger partial charge in [-0.25, -0.2) is 4.79 Å². The van der Waals surface area contributed by atoms with Crippen molar-refractivity contribution in [3.63, 3.8) is 0 Å². The number of carbonyl (C=O) groups is 1. The molecule has 0 aromatic heterocycles. The summed E-state index contributed by atoms with van der Waals surface area (Å²) in [7, 11) is 0. The molecule has 4 aromatic carbocycles. The molecular formula is C30H27NO2S. The summed E-state index contributed by atoms with van der Waals surface area (Å²) in [6.45, 7) is 2.12. The van der Waals surface area contributed by atoms with Gasteiger partial charge in [0.2, 0.25) is 0 Å². The van der Waals surface area contributed by atoms with Crippen molar-refractivity contribution in [2.75, 3.05) is 18.2 Å². The Labute approximate surface area is 205 Å². The molecule has 170 valence electrons. The summed E-state index contributed by atoms with van der Waals surface area (Å²) in [5, 5.41) is 3.62. The van der Waals surface area contributed by atoms with Gasteiger partial charge in [0.1, 0.15) is 0 Å². The molecule has 0 radical (unpaired) electrons. The van der Waals surface area contributed by atoms with Gasteiger partial charge in [-0.1, -0.05) is 97.1 Å². The summed E-state index contributed by atoms with van der Waals surface area (Å²) >= 11 is 1.71. The van der Waals surface area contributed by atoms with Crippen LogP contribution in [-0.2, 0) is 9.53 Å². The van der Waals surface area contributed by atoms with Gasteiger partial charge in [0.05, 0.1) is 17.9 Å². The number of carbonyl (C=O) groups excluding carboxylic acids is 1. The van der Waals surface area contributed by atoms with Crippen molar-refractivity contribution < 1.29 is 9.53 Å². The molecule has 1 N–H and O–H groups in total. The molecule has 0 atom stereocenters. The highest BCUT2D eigenvalue weighted by Gasteiger charge is 2.21. The van der Waals surface area contributed by atoms with Crippen LogP contribution >= 0.6 is 11.8 Å². The van der Waals surface area contributed by atoms with Gasteiger partial charge in [-0.2, -0.15) is 0 Å². The number of para-hydroxylation sites is 1. The summed E-state index contributed by atoms with van der Waals surface area (Å²) in [4.78, 5) is 14.5. The Bertz CT molecular complexity index is 1280. The number of anilines is 1. The number of nitrogens with one attached hydrogen (secondary N) is 1. The fourth-order valence-electron chi connectivity index (χ4n) is 3.88. The Balaban J connectivity index is 1.94. The Hall–Kier alpha value is -3.76. The fraction of sp³-hybridized carbons (Fsp3) is 0.100. The lowest BCUT2D eigenvalue weighted by atomic mass is 9.97. The van der Waals surface area contributed by atoms with Gasteiger partial charge < -0.3 is 10.1 Å². The first-order valence-electron chi connectivity index (χ1n) is 11.2. The summed E-state index contributed by atoms with van der Waals surface area (Å²) in [6.07, 6.45) is 2.08. The molecule has 0 fully saturated rings. The predicted molar refractivity (Wildman–Crippen MR) is 144 cm³/mol. The van der Waals surface area contributed by atoms with Crippen LogP contribution in [0.25, 0.3) is 22.4 Å². The van der Waals surface area contributed by atoms with Crippen LogP contribution in [0.4, 0.5) is 5.69 Å². The van der Waals surface area contributed by atoms with Crippen LogP contribution in [0.1, 0.15) is 18.1 Å². The summed E-state index contributed by atoms with van der Waals surface area (Å²) < 4.78 is 5.51. The van der Waals surface area contributed by atoms with E-state index in [0.717, 1.165) is 27.9 Å². The second-order valence-electron chi connectivity index (χ2n) is 7.57. The van der Waals surface area contributed by atoms with Gasteiger partial charge in [-0.3, -0.25) is 0 Å². The van der Waals surface area contributed by atoms with Crippen LogP contribution in [0, 0.1) is 0 Å². The van der Waals surface area contributed by atoms with E-state index >= 15 is 0 Å². The van der Waals surface area contributed by atoms with Crippen molar-refractivity contribution in [2.24, 2.45) is 0 Å². The molecule has 4 rings (SSSR count). The lowest BCUT2D eigenvalue weighted by molar-refractivity contribution is -0.136. The van der Waals surface area contributed by atoms with Crippen molar-refractivity contribution in [1.82, 2.24) is 0 Å². The number of ether oxygens (including phenoxy) is 1. The van der Waals surface area contributed by atoms with Gasteiger partial charge in [-0.05, 0) is 42.0 Å². The second kappa shape index (κ2) is 11.4. The molecule has 0 amide bonds. The van der Waals surface area contributed by atoms with E-state index in [-0.39, 0.29) is 5.97 Å². The highest BCUT2D eigenvalue weighted by Crippen LogP contribution is 2.37. The number of benzene rings is 4. The number of rotatable bonds is 8. The molecule has 0 saturated heterocycles. The fourth-order valence-corrected chi connectivity index (χ4v) is 4.50. The summed E-state index contributed by atoms with van der Waals surface area (Å²) in [6, 6.07) is 36.1. The third-order valence-electron chi connectivity index (χ3n) is 5.44. The molecular weight excluding hydrogens is 438 g/mol. The minimum Gasteiger partial charge on any atom is -0.462 e. The first kappa shape index (κ1) is 23.4. The van der Waals surface area contributed by atoms with Crippen LogP contribution in [0.5, 0.6) is 0 Å². The van der Waals surface area contributed by atoms with Gasteiger partial charge in [0.15, 0.2) is 0 Å². The molecule has 4 aromatic rings. The van der Waals surface area contributed by atoms with Crippen LogP contribution in [0.3, 0.4) is 0 Å². The van der Waals surface area contributed by atoms with E-state index in [1.54, 1.807) is 11.8 Å². The lowest BCUT2D eigenvalue weighted by Crippen LogP contribution is -2.13. The third kappa shape index (κ3) is 5.24. The van der Waals surface area contributed by atoms with E-state index in [0.29, 0.717) is 17.9 Å². The molecule has 0 spiro atoms. The second-order valence-corrected chi connectivity index (χ2v) is 8.42. The van der Waals surface area contributed by atoms with E-state index in [4.69, 9.17) is 4.74 Å². The van der Waals surface area contributed by atoms with E-state index in [1.807, 2.05) is 91.9 Å². The van der Waals surface area contributed by atoms with Gasteiger partial charge in [0, 0.05) is 16.1 Å². The van der Waals surface area contributed by atoms with Crippen molar-refractivity contribution in [3.05, 3.63) is 120 Å². The molecule has 0 unspecified atom stereocenters. The molecule has 0 aliphatic rings. The smallest absolute Gasteiger partial charge is 0.340 e. The van der Waals surface area contributed by atoms with Gasteiger partial charge in [-0.15, -0.1) is 11.8 Å². The maximum Gasteiger partial charge on any atom is 0.340 e. The quantitative estimate of drug-likeness (QED) is 0.126. The van der Waals surface area contributed by atoms with E-state index in [9.17, 15) is 4.79 Å². The molecule has 4 heteroatoms. The highest BCUT2D eigenvalue weighted by atomic mass is 32.2. The van der Waals surface area contributed by atoms with Crippen LogP contribution in [0.2, 0.25) is 0 Å². The zero-order valence-electron chi connectivity index (χ0n) is 19.3. The molecule has 0 aliphatic heterocycles.